The number of ether oxygens (including phenoxy) is 1. The number of anilines is 1. The summed E-state index contributed by atoms with van der Waals surface area (Å²) in [6.45, 7) is 1.78. The molecule has 0 aliphatic rings. The number of carbonyl (C=O) groups excluding carboxylic acids is 2. The van der Waals surface area contributed by atoms with Crippen molar-refractivity contribution in [2.75, 3.05) is 19.0 Å². The third-order valence-corrected chi connectivity index (χ3v) is 3.24. The van der Waals surface area contributed by atoms with Crippen LogP contribution < -0.4 is 10.6 Å². The van der Waals surface area contributed by atoms with Crippen molar-refractivity contribution in [2.45, 2.75) is 6.92 Å². The van der Waals surface area contributed by atoms with Crippen LogP contribution in [-0.2, 0) is 9.53 Å². The van der Waals surface area contributed by atoms with Gasteiger partial charge in [-0.2, -0.15) is 5.26 Å². The Kier molecular flexibility index (Phi) is 6.70. The maximum Gasteiger partial charge on any atom is 0.350 e. The predicted molar refractivity (Wildman–Crippen MR) is 83.8 cm³/mol. The van der Waals surface area contributed by atoms with E-state index in [2.05, 4.69) is 10.6 Å². The molecule has 0 fully saturated rings. The Labute approximate surface area is 137 Å². The molecular weight excluding hydrogens is 329 g/mol. The second-order valence-electron chi connectivity index (χ2n) is 3.90. The minimum absolute atomic E-state index is 0.0734. The van der Waals surface area contributed by atoms with E-state index in [1.807, 2.05) is 0 Å². The number of nitriles is 1. The maximum absolute atomic E-state index is 11.7. The highest BCUT2D eigenvalue weighted by Crippen LogP contribution is 2.31. The molecule has 6 nitrogen and oxygen atoms in total. The molecule has 0 saturated heterocycles. The Hall–Kier alpha value is -2.23. The highest BCUT2D eigenvalue weighted by Gasteiger charge is 2.17. The third-order valence-electron chi connectivity index (χ3n) is 2.53. The van der Waals surface area contributed by atoms with Crippen molar-refractivity contribution >= 4 is 40.8 Å². The quantitative estimate of drug-likeness (QED) is 0.488. The van der Waals surface area contributed by atoms with Gasteiger partial charge in [0.15, 0.2) is 5.57 Å². The monoisotopic (exact) mass is 341 g/mol. The zero-order chi connectivity index (χ0) is 16.7. The summed E-state index contributed by atoms with van der Waals surface area (Å²) >= 11 is 12.1. The minimum atomic E-state index is -0.755. The molecule has 1 aromatic carbocycles. The molecule has 0 bridgehead atoms. The van der Waals surface area contributed by atoms with Crippen LogP contribution in [0.4, 0.5) is 5.69 Å². The summed E-state index contributed by atoms with van der Waals surface area (Å²) in [5, 5.41) is 14.3. The Morgan fingerprint density at radius 2 is 2.09 bits per heavy atom. The van der Waals surface area contributed by atoms with Gasteiger partial charge in [-0.1, -0.05) is 23.2 Å². The van der Waals surface area contributed by atoms with Crippen LogP contribution in [0.5, 0.6) is 0 Å². The fourth-order valence-electron chi connectivity index (χ4n) is 1.49. The second kappa shape index (κ2) is 8.27. The highest BCUT2D eigenvalue weighted by atomic mass is 35.5. The smallest absolute Gasteiger partial charge is 0.350 e. The number of benzene rings is 1. The standard InChI is InChI=1S/C14H13Cl2N3O3/c1-3-22-14(21)8(6-17)7-19-10-5-4-9(15)11(12(10)16)13(20)18-2/h4-5,7,19H,3H2,1-2H3,(H,18,20). The van der Waals surface area contributed by atoms with Crippen molar-refractivity contribution in [1.82, 2.24) is 5.32 Å². The summed E-state index contributed by atoms with van der Waals surface area (Å²) in [5.41, 5.74) is 0.190. The summed E-state index contributed by atoms with van der Waals surface area (Å²) < 4.78 is 4.72. The van der Waals surface area contributed by atoms with E-state index in [1.54, 1.807) is 13.0 Å². The van der Waals surface area contributed by atoms with Crippen LogP contribution in [-0.4, -0.2) is 25.5 Å². The van der Waals surface area contributed by atoms with Gasteiger partial charge in [-0.25, -0.2) is 4.79 Å². The predicted octanol–water partition coefficient (Wildman–Crippen LogP) is 2.74. The van der Waals surface area contributed by atoms with E-state index in [0.29, 0.717) is 5.69 Å². The molecule has 1 aromatic rings. The lowest BCUT2D eigenvalue weighted by molar-refractivity contribution is -0.138. The van der Waals surface area contributed by atoms with Crippen molar-refractivity contribution < 1.29 is 14.3 Å². The maximum atomic E-state index is 11.7. The van der Waals surface area contributed by atoms with E-state index in [0.717, 1.165) is 6.20 Å². The molecule has 0 heterocycles. The Morgan fingerprint density at radius 1 is 1.41 bits per heavy atom. The Balaban J connectivity index is 3.12. The van der Waals surface area contributed by atoms with Crippen molar-refractivity contribution in [3.63, 3.8) is 0 Å². The van der Waals surface area contributed by atoms with Gasteiger partial charge >= 0.3 is 5.97 Å². The molecule has 0 radical (unpaired) electrons. The number of rotatable bonds is 5. The first-order valence-corrected chi connectivity index (χ1v) is 6.95. The average Bonchev–Trinajstić information content (AvgIpc) is 2.49. The summed E-state index contributed by atoms with van der Waals surface area (Å²) in [7, 11) is 1.45. The fourth-order valence-corrected chi connectivity index (χ4v) is 2.09. The Morgan fingerprint density at radius 3 is 2.64 bits per heavy atom. The molecule has 0 saturated carbocycles. The van der Waals surface area contributed by atoms with Crippen molar-refractivity contribution in [3.8, 4) is 6.07 Å². The molecule has 0 aromatic heterocycles. The summed E-state index contributed by atoms with van der Waals surface area (Å²) in [5.74, 6) is -1.21. The van der Waals surface area contributed by atoms with E-state index < -0.39 is 11.9 Å². The third kappa shape index (κ3) is 4.13. The summed E-state index contributed by atoms with van der Waals surface area (Å²) in [4.78, 5) is 23.2. The van der Waals surface area contributed by atoms with Gasteiger partial charge in [0.25, 0.3) is 5.91 Å². The molecule has 1 amide bonds. The van der Waals surface area contributed by atoms with E-state index >= 15 is 0 Å². The SMILES string of the molecule is CCOC(=O)C(C#N)=CNc1ccc(Cl)c(C(=O)NC)c1Cl. The number of esters is 1. The largest absolute Gasteiger partial charge is 0.462 e. The molecule has 22 heavy (non-hydrogen) atoms. The van der Waals surface area contributed by atoms with Gasteiger partial charge in [-0.3, -0.25) is 4.79 Å². The number of nitrogens with zero attached hydrogens (tertiary/aromatic N) is 1. The van der Waals surface area contributed by atoms with Crippen LogP contribution in [0.1, 0.15) is 17.3 Å². The normalized spacial score (nSPS) is 10.6. The molecule has 8 heteroatoms. The summed E-state index contributed by atoms with van der Waals surface area (Å²) in [6.07, 6.45) is 1.15. The van der Waals surface area contributed by atoms with Gasteiger partial charge in [-0.15, -0.1) is 0 Å². The van der Waals surface area contributed by atoms with Gasteiger partial charge in [0.2, 0.25) is 0 Å². The number of hydrogen-bond acceptors (Lipinski definition) is 5. The lowest BCUT2D eigenvalue weighted by Gasteiger charge is -2.10. The first kappa shape index (κ1) is 17.8. The molecule has 0 unspecified atom stereocenters. The van der Waals surface area contributed by atoms with Crippen LogP contribution in [0.25, 0.3) is 0 Å². The number of hydrogen-bond donors (Lipinski definition) is 2. The van der Waals surface area contributed by atoms with Gasteiger partial charge in [0.05, 0.1) is 27.9 Å². The molecule has 116 valence electrons. The van der Waals surface area contributed by atoms with Crippen LogP contribution >= 0.6 is 23.2 Å². The highest BCUT2D eigenvalue weighted by molar-refractivity contribution is 6.41. The number of halogens is 2. The number of carbonyl (C=O) groups is 2. The molecule has 1 rings (SSSR count). The molecule has 0 atom stereocenters. The first-order valence-electron chi connectivity index (χ1n) is 6.20. The molecule has 0 aliphatic heterocycles. The van der Waals surface area contributed by atoms with Gasteiger partial charge in [0, 0.05) is 13.2 Å². The zero-order valence-corrected chi connectivity index (χ0v) is 13.4. The minimum Gasteiger partial charge on any atom is -0.462 e. The Bertz CT molecular complexity index is 666. The lowest BCUT2D eigenvalue weighted by Crippen LogP contribution is -2.19. The van der Waals surface area contributed by atoms with Crippen LogP contribution in [0.2, 0.25) is 10.0 Å². The van der Waals surface area contributed by atoms with Crippen LogP contribution in [0, 0.1) is 11.3 Å². The molecule has 0 spiro atoms. The van der Waals surface area contributed by atoms with Crippen molar-refractivity contribution in [2.24, 2.45) is 0 Å². The van der Waals surface area contributed by atoms with Gasteiger partial charge in [0.1, 0.15) is 6.07 Å². The zero-order valence-electron chi connectivity index (χ0n) is 11.9. The fraction of sp³-hybridized carbons (Fsp3) is 0.214. The first-order chi connectivity index (χ1) is 10.5. The number of amides is 1. The molecule has 0 aliphatic carbocycles. The van der Waals surface area contributed by atoms with Crippen LogP contribution in [0.3, 0.4) is 0 Å². The van der Waals surface area contributed by atoms with E-state index in [1.165, 1.54) is 19.2 Å². The topological polar surface area (TPSA) is 91.2 Å². The van der Waals surface area contributed by atoms with Crippen molar-refractivity contribution in [3.05, 3.63) is 39.5 Å². The van der Waals surface area contributed by atoms with Crippen molar-refractivity contribution in [1.29, 1.82) is 5.26 Å². The summed E-state index contributed by atoms with van der Waals surface area (Å²) in [6, 6.07) is 4.71. The van der Waals surface area contributed by atoms with E-state index in [4.69, 9.17) is 33.2 Å². The second-order valence-corrected chi connectivity index (χ2v) is 4.68. The van der Waals surface area contributed by atoms with Gasteiger partial charge < -0.3 is 15.4 Å². The lowest BCUT2D eigenvalue weighted by atomic mass is 10.1. The van der Waals surface area contributed by atoms with Crippen LogP contribution in [0.15, 0.2) is 23.9 Å². The molecular formula is C14H13Cl2N3O3. The average molecular weight is 342 g/mol. The molecule has 2 N–H and O–H groups in total. The van der Waals surface area contributed by atoms with E-state index in [9.17, 15) is 9.59 Å². The van der Waals surface area contributed by atoms with E-state index in [-0.39, 0.29) is 27.8 Å². The van der Waals surface area contributed by atoms with Gasteiger partial charge in [-0.05, 0) is 19.1 Å². The number of nitrogens with one attached hydrogen (secondary N) is 2.